The van der Waals surface area contributed by atoms with Crippen molar-refractivity contribution in [3.05, 3.63) is 28.8 Å². The molecule has 1 aromatic heterocycles. The molecule has 6 nitrogen and oxygen atoms in total. The lowest BCUT2D eigenvalue weighted by Gasteiger charge is -2.08. The minimum atomic E-state index is -3.70. The zero-order valence-corrected chi connectivity index (χ0v) is 13.8. The highest BCUT2D eigenvalue weighted by Crippen LogP contribution is 2.24. The van der Waals surface area contributed by atoms with Gasteiger partial charge in [0.25, 0.3) is 10.0 Å². The lowest BCUT2D eigenvalue weighted by atomic mass is 10.1. The van der Waals surface area contributed by atoms with E-state index < -0.39 is 10.0 Å². The maximum Gasteiger partial charge on any atom is 0.264 e. The van der Waals surface area contributed by atoms with Gasteiger partial charge in [0.2, 0.25) is 5.13 Å². The number of benzene rings is 1. The van der Waals surface area contributed by atoms with Gasteiger partial charge in [-0.15, -0.1) is 10.2 Å². The van der Waals surface area contributed by atoms with Gasteiger partial charge in [0.1, 0.15) is 5.01 Å². The van der Waals surface area contributed by atoms with Gasteiger partial charge in [0.15, 0.2) is 0 Å². The first-order chi connectivity index (χ1) is 9.78. The van der Waals surface area contributed by atoms with Crippen LogP contribution in [0.3, 0.4) is 0 Å². The van der Waals surface area contributed by atoms with Crippen molar-refractivity contribution in [2.45, 2.75) is 32.1 Å². The Labute approximate surface area is 128 Å². The van der Waals surface area contributed by atoms with E-state index in [1.54, 1.807) is 19.1 Å². The van der Waals surface area contributed by atoms with E-state index in [1.165, 1.54) is 17.4 Å². The summed E-state index contributed by atoms with van der Waals surface area (Å²) >= 11 is 1.25. The molecule has 0 spiro atoms. The first-order valence-corrected chi connectivity index (χ1v) is 8.79. The van der Waals surface area contributed by atoms with E-state index in [2.05, 4.69) is 28.8 Å². The summed E-state index contributed by atoms with van der Waals surface area (Å²) < 4.78 is 27.2. The third-order valence-electron chi connectivity index (χ3n) is 2.77. The summed E-state index contributed by atoms with van der Waals surface area (Å²) in [4.78, 5) is 0.156. The Morgan fingerprint density at radius 3 is 2.71 bits per heavy atom. The third-order valence-corrected chi connectivity index (χ3v) is 5.24. The van der Waals surface area contributed by atoms with Gasteiger partial charge in [-0.05, 0) is 30.5 Å². The van der Waals surface area contributed by atoms with Crippen molar-refractivity contribution in [2.24, 2.45) is 5.92 Å². The molecule has 3 N–H and O–H groups in total. The van der Waals surface area contributed by atoms with E-state index in [-0.39, 0.29) is 10.0 Å². The maximum atomic E-state index is 12.4. The molecule has 0 fully saturated rings. The molecule has 2 aromatic rings. The van der Waals surface area contributed by atoms with Crippen LogP contribution in [0.1, 0.15) is 24.4 Å². The largest absolute Gasteiger partial charge is 0.399 e. The number of aromatic nitrogens is 2. The molecule has 0 saturated heterocycles. The van der Waals surface area contributed by atoms with Crippen LogP contribution in [0, 0.1) is 12.8 Å². The standard InChI is InChI=1S/C13H18N4O2S2/c1-8(2)6-12-15-16-13(20-12)17-21(18,19)11-7-10(14)5-4-9(11)3/h4-5,7-8H,6,14H2,1-3H3,(H,16,17). The molecule has 8 heteroatoms. The van der Waals surface area contributed by atoms with Gasteiger partial charge >= 0.3 is 0 Å². The third kappa shape index (κ3) is 3.92. The van der Waals surface area contributed by atoms with Gasteiger partial charge in [0, 0.05) is 12.1 Å². The van der Waals surface area contributed by atoms with Crippen molar-refractivity contribution < 1.29 is 8.42 Å². The second-order valence-corrected chi connectivity index (χ2v) is 7.94. The molecule has 0 atom stereocenters. The molecule has 114 valence electrons. The number of nitrogens with one attached hydrogen (secondary N) is 1. The van der Waals surface area contributed by atoms with E-state index in [9.17, 15) is 8.42 Å². The average molecular weight is 326 g/mol. The van der Waals surface area contributed by atoms with E-state index in [4.69, 9.17) is 5.73 Å². The molecule has 0 aliphatic heterocycles. The summed E-state index contributed by atoms with van der Waals surface area (Å²) in [6.45, 7) is 5.86. The van der Waals surface area contributed by atoms with Crippen LogP contribution in [-0.4, -0.2) is 18.6 Å². The first-order valence-electron chi connectivity index (χ1n) is 6.49. The van der Waals surface area contributed by atoms with Crippen molar-refractivity contribution in [3.8, 4) is 0 Å². The van der Waals surface area contributed by atoms with Crippen molar-refractivity contribution >= 4 is 32.2 Å². The smallest absolute Gasteiger partial charge is 0.264 e. The molecule has 0 aliphatic rings. The van der Waals surface area contributed by atoms with Crippen molar-refractivity contribution in [2.75, 3.05) is 10.5 Å². The lowest BCUT2D eigenvalue weighted by Crippen LogP contribution is -2.14. The van der Waals surface area contributed by atoms with Gasteiger partial charge in [-0.3, -0.25) is 4.72 Å². The van der Waals surface area contributed by atoms with Gasteiger partial charge in [-0.25, -0.2) is 8.42 Å². The second-order valence-electron chi connectivity index (χ2n) is 5.23. The van der Waals surface area contributed by atoms with Crippen LogP contribution in [0.25, 0.3) is 0 Å². The van der Waals surface area contributed by atoms with Gasteiger partial charge in [-0.1, -0.05) is 31.3 Å². The van der Waals surface area contributed by atoms with Crippen molar-refractivity contribution in [3.63, 3.8) is 0 Å². The molecule has 1 aromatic carbocycles. The lowest BCUT2D eigenvalue weighted by molar-refractivity contribution is 0.600. The highest BCUT2D eigenvalue weighted by Gasteiger charge is 2.19. The summed E-state index contributed by atoms with van der Waals surface area (Å²) in [7, 11) is -3.70. The normalized spacial score (nSPS) is 11.8. The predicted octanol–water partition coefficient (Wildman–Crippen LogP) is 2.43. The number of nitrogen functional groups attached to an aromatic ring is 1. The average Bonchev–Trinajstić information content (AvgIpc) is 2.77. The second kappa shape index (κ2) is 5.98. The van der Waals surface area contributed by atoms with E-state index in [0.29, 0.717) is 17.2 Å². The zero-order valence-electron chi connectivity index (χ0n) is 12.1. The number of aryl methyl sites for hydroxylation is 1. The molecule has 0 amide bonds. The number of nitrogens with two attached hydrogens (primary N) is 1. The molecule has 0 saturated carbocycles. The van der Waals surface area contributed by atoms with Crippen LogP contribution in [0.4, 0.5) is 10.8 Å². The number of sulfonamides is 1. The summed E-state index contributed by atoms with van der Waals surface area (Å²) in [6.07, 6.45) is 0.775. The van der Waals surface area contributed by atoms with Gasteiger partial charge in [0.05, 0.1) is 4.90 Å². The fourth-order valence-electron chi connectivity index (χ4n) is 1.80. The predicted molar refractivity (Wildman–Crippen MR) is 84.9 cm³/mol. The molecule has 0 aliphatic carbocycles. The van der Waals surface area contributed by atoms with Crippen LogP contribution < -0.4 is 10.5 Å². The Morgan fingerprint density at radius 1 is 1.33 bits per heavy atom. The molecule has 0 bridgehead atoms. The number of hydrogen-bond donors (Lipinski definition) is 2. The van der Waals surface area contributed by atoms with Crippen LogP contribution in [0.2, 0.25) is 0 Å². The van der Waals surface area contributed by atoms with Crippen LogP contribution in [0.15, 0.2) is 23.1 Å². The van der Waals surface area contributed by atoms with E-state index >= 15 is 0 Å². The SMILES string of the molecule is Cc1ccc(N)cc1S(=O)(=O)Nc1nnc(CC(C)C)s1. The Hall–Kier alpha value is -1.67. The number of nitrogens with zero attached hydrogens (tertiary/aromatic N) is 2. The Kier molecular flexibility index (Phi) is 4.48. The van der Waals surface area contributed by atoms with Crippen molar-refractivity contribution in [1.29, 1.82) is 0 Å². The van der Waals surface area contributed by atoms with Crippen LogP contribution >= 0.6 is 11.3 Å². The zero-order chi connectivity index (χ0) is 15.6. The summed E-state index contributed by atoms with van der Waals surface area (Å²) in [5, 5.41) is 8.95. The minimum absolute atomic E-state index is 0.156. The molecule has 2 rings (SSSR count). The number of anilines is 2. The molecular formula is C13H18N4O2S2. The Bertz CT molecular complexity index is 738. The fraction of sp³-hybridized carbons (Fsp3) is 0.385. The molecular weight excluding hydrogens is 308 g/mol. The highest BCUT2D eigenvalue weighted by atomic mass is 32.2. The minimum Gasteiger partial charge on any atom is -0.399 e. The summed E-state index contributed by atoms with van der Waals surface area (Å²) in [6, 6.07) is 4.78. The molecule has 21 heavy (non-hydrogen) atoms. The monoisotopic (exact) mass is 326 g/mol. The van der Waals surface area contributed by atoms with Crippen LogP contribution in [-0.2, 0) is 16.4 Å². The molecule has 1 heterocycles. The topological polar surface area (TPSA) is 98.0 Å². The Balaban J connectivity index is 2.25. The first kappa shape index (κ1) is 15.7. The van der Waals surface area contributed by atoms with Crippen molar-refractivity contribution in [1.82, 2.24) is 10.2 Å². The highest BCUT2D eigenvalue weighted by molar-refractivity contribution is 7.93. The van der Waals surface area contributed by atoms with Gasteiger partial charge < -0.3 is 5.73 Å². The quantitative estimate of drug-likeness (QED) is 0.822. The van der Waals surface area contributed by atoms with Crippen LogP contribution in [0.5, 0.6) is 0 Å². The molecule has 0 unspecified atom stereocenters. The Morgan fingerprint density at radius 2 is 2.05 bits per heavy atom. The number of hydrogen-bond acceptors (Lipinski definition) is 6. The fourth-order valence-corrected chi connectivity index (χ4v) is 4.27. The van der Waals surface area contributed by atoms with E-state index in [1.807, 2.05) is 0 Å². The number of rotatable bonds is 5. The maximum absolute atomic E-state index is 12.4. The van der Waals surface area contributed by atoms with Gasteiger partial charge in [-0.2, -0.15) is 0 Å². The molecule has 0 radical (unpaired) electrons. The summed E-state index contributed by atoms with van der Waals surface area (Å²) in [5.41, 5.74) is 6.69. The summed E-state index contributed by atoms with van der Waals surface area (Å²) in [5.74, 6) is 0.443. The van der Waals surface area contributed by atoms with E-state index in [0.717, 1.165) is 11.4 Å².